The number of nitrogen functional groups attached to an aromatic ring is 2. The molecule has 3 aromatic rings. The summed E-state index contributed by atoms with van der Waals surface area (Å²) in [4.78, 5) is 12.7. The summed E-state index contributed by atoms with van der Waals surface area (Å²) >= 11 is 0. The number of aromatic nitrogens is 2. The van der Waals surface area contributed by atoms with E-state index >= 15 is 0 Å². The average Bonchev–Trinajstić information content (AvgIpc) is 2.91. The van der Waals surface area contributed by atoms with Crippen LogP contribution < -0.4 is 16.2 Å². The van der Waals surface area contributed by atoms with Gasteiger partial charge in [-0.05, 0) is 43.3 Å². The number of hydrogen-bond acceptors (Lipinski definition) is 5. The highest BCUT2D eigenvalue weighted by atomic mass is 16.5. The molecule has 0 unspecified atom stereocenters. The van der Waals surface area contributed by atoms with Crippen molar-refractivity contribution in [3.05, 3.63) is 65.4 Å². The van der Waals surface area contributed by atoms with Crippen LogP contribution in [0, 0.1) is 6.92 Å². The van der Waals surface area contributed by atoms with E-state index in [1.807, 2.05) is 31.2 Å². The highest BCUT2D eigenvalue weighted by Gasteiger charge is 2.21. The monoisotopic (exact) mass is 322 g/mol. The van der Waals surface area contributed by atoms with Crippen molar-refractivity contribution in [1.82, 2.24) is 9.78 Å². The van der Waals surface area contributed by atoms with Gasteiger partial charge in [-0.15, -0.1) is 0 Å². The van der Waals surface area contributed by atoms with Crippen LogP contribution in [0.1, 0.15) is 21.6 Å². The summed E-state index contributed by atoms with van der Waals surface area (Å²) in [5.41, 5.74) is 14.7. The van der Waals surface area contributed by atoms with Gasteiger partial charge in [-0.2, -0.15) is 5.10 Å². The fraction of sp³-hybridized carbons (Fsp3) is 0.111. The highest BCUT2D eigenvalue weighted by molar-refractivity contribution is 6.12. The summed E-state index contributed by atoms with van der Waals surface area (Å²) in [5, 5.41) is 4.31. The van der Waals surface area contributed by atoms with Crippen LogP contribution in [-0.4, -0.2) is 22.7 Å². The number of ether oxygens (including phenoxy) is 1. The quantitative estimate of drug-likeness (QED) is 0.720. The van der Waals surface area contributed by atoms with Crippen LogP contribution in [0.5, 0.6) is 5.75 Å². The lowest BCUT2D eigenvalue weighted by molar-refractivity contribution is 0.103. The molecule has 0 radical (unpaired) electrons. The van der Waals surface area contributed by atoms with Crippen molar-refractivity contribution in [2.45, 2.75) is 6.92 Å². The van der Waals surface area contributed by atoms with Crippen molar-refractivity contribution in [2.24, 2.45) is 0 Å². The maximum absolute atomic E-state index is 12.7. The van der Waals surface area contributed by atoms with Crippen molar-refractivity contribution in [3.8, 4) is 11.4 Å². The van der Waals surface area contributed by atoms with Crippen LogP contribution in [0.3, 0.4) is 0 Å². The van der Waals surface area contributed by atoms with E-state index in [1.165, 1.54) is 4.68 Å². The summed E-state index contributed by atoms with van der Waals surface area (Å²) in [7, 11) is 1.57. The topological polar surface area (TPSA) is 96.2 Å². The molecule has 0 fully saturated rings. The Balaban J connectivity index is 2.00. The first-order valence-electron chi connectivity index (χ1n) is 7.41. The standard InChI is InChI=1S/C18H18N4O2/c1-11-3-7-13(8-4-11)22-18(20)15(19)16(21-22)17(23)12-5-9-14(24-2)10-6-12/h3-10H,19-20H2,1-2H3. The number of aryl methyl sites for hydroxylation is 1. The Labute approximate surface area is 139 Å². The number of rotatable bonds is 4. The molecule has 1 aromatic heterocycles. The Morgan fingerprint density at radius 2 is 1.67 bits per heavy atom. The molecule has 0 aliphatic rings. The fourth-order valence-corrected chi connectivity index (χ4v) is 2.37. The Morgan fingerprint density at radius 1 is 1.04 bits per heavy atom. The molecule has 122 valence electrons. The van der Waals surface area contributed by atoms with Gasteiger partial charge in [0.1, 0.15) is 11.4 Å². The van der Waals surface area contributed by atoms with Crippen molar-refractivity contribution in [1.29, 1.82) is 0 Å². The zero-order valence-corrected chi connectivity index (χ0v) is 13.5. The number of benzene rings is 2. The van der Waals surface area contributed by atoms with Crippen molar-refractivity contribution in [3.63, 3.8) is 0 Å². The molecule has 0 bridgehead atoms. The molecule has 0 atom stereocenters. The molecular weight excluding hydrogens is 304 g/mol. The van der Waals surface area contributed by atoms with E-state index < -0.39 is 0 Å². The predicted octanol–water partition coefficient (Wildman–Crippen LogP) is 2.58. The molecule has 0 spiro atoms. The van der Waals surface area contributed by atoms with Gasteiger partial charge >= 0.3 is 0 Å². The van der Waals surface area contributed by atoms with E-state index in [-0.39, 0.29) is 23.0 Å². The fourth-order valence-electron chi connectivity index (χ4n) is 2.37. The third-order valence-electron chi connectivity index (χ3n) is 3.81. The average molecular weight is 322 g/mol. The van der Waals surface area contributed by atoms with Gasteiger partial charge in [0.05, 0.1) is 12.8 Å². The lowest BCUT2D eigenvalue weighted by atomic mass is 10.1. The van der Waals surface area contributed by atoms with Crippen LogP contribution in [-0.2, 0) is 0 Å². The minimum absolute atomic E-state index is 0.137. The number of anilines is 2. The zero-order chi connectivity index (χ0) is 17.3. The van der Waals surface area contributed by atoms with E-state index in [1.54, 1.807) is 31.4 Å². The van der Waals surface area contributed by atoms with Gasteiger partial charge in [0.2, 0.25) is 5.78 Å². The van der Waals surface area contributed by atoms with Gasteiger partial charge < -0.3 is 16.2 Å². The Bertz CT molecular complexity index is 881. The summed E-state index contributed by atoms with van der Waals surface area (Å²) < 4.78 is 6.57. The second-order valence-electron chi connectivity index (χ2n) is 5.45. The molecule has 0 amide bonds. The molecule has 6 heteroatoms. The second kappa shape index (κ2) is 6.08. The predicted molar refractivity (Wildman–Crippen MR) is 93.6 cm³/mol. The van der Waals surface area contributed by atoms with E-state index in [2.05, 4.69) is 5.10 Å². The summed E-state index contributed by atoms with van der Waals surface area (Å²) in [5.74, 6) is 0.632. The number of carbonyl (C=O) groups excluding carboxylic acids is 1. The van der Waals surface area contributed by atoms with Gasteiger partial charge in [0.25, 0.3) is 0 Å². The smallest absolute Gasteiger partial charge is 0.215 e. The largest absolute Gasteiger partial charge is 0.497 e. The summed E-state index contributed by atoms with van der Waals surface area (Å²) in [6.45, 7) is 1.99. The molecule has 0 aliphatic carbocycles. The van der Waals surface area contributed by atoms with Crippen LogP contribution >= 0.6 is 0 Å². The van der Waals surface area contributed by atoms with E-state index in [0.717, 1.165) is 11.3 Å². The molecule has 0 saturated carbocycles. The molecular formula is C18H18N4O2. The van der Waals surface area contributed by atoms with Crippen LogP contribution in [0.2, 0.25) is 0 Å². The normalized spacial score (nSPS) is 10.6. The lowest BCUT2D eigenvalue weighted by Crippen LogP contribution is -2.06. The molecule has 24 heavy (non-hydrogen) atoms. The van der Waals surface area contributed by atoms with Crippen molar-refractivity contribution >= 4 is 17.3 Å². The van der Waals surface area contributed by atoms with E-state index in [9.17, 15) is 4.79 Å². The number of methoxy groups -OCH3 is 1. The SMILES string of the molecule is COc1ccc(C(=O)c2nn(-c3ccc(C)cc3)c(N)c2N)cc1. The number of nitrogens with two attached hydrogens (primary N) is 2. The van der Waals surface area contributed by atoms with Gasteiger partial charge in [0, 0.05) is 5.56 Å². The third-order valence-corrected chi connectivity index (χ3v) is 3.81. The van der Waals surface area contributed by atoms with Gasteiger partial charge in [-0.25, -0.2) is 4.68 Å². The molecule has 0 aliphatic heterocycles. The van der Waals surface area contributed by atoms with Gasteiger partial charge in [-0.1, -0.05) is 17.7 Å². The van der Waals surface area contributed by atoms with Crippen LogP contribution in [0.25, 0.3) is 5.69 Å². The Morgan fingerprint density at radius 3 is 2.25 bits per heavy atom. The van der Waals surface area contributed by atoms with Crippen molar-refractivity contribution < 1.29 is 9.53 Å². The second-order valence-corrected chi connectivity index (χ2v) is 5.45. The molecule has 2 aromatic carbocycles. The summed E-state index contributed by atoms with van der Waals surface area (Å²) in [6, 6.07) is 14.4. The first-order valence-corrected chi connectivity index (χ1v) is 7.41. The zero-order valence-electron chi connectivity index (χ0n) is 13.5. The minimum Gasteiger partial charge on any atom is -0.497 e. The molecule has 0 saturated heterocycles. The molecule has 6 nitrogen and oxygen atoms in total. The van der Waals surface area contributed by atoms with E-state index in [4.69, 9.17) is 16.2 Å². The van der Waals surface area contributed by atoms with Gasteiger partial charge in [-0.3, -0.25) is 4.79 Å². The number of hydrogen-bond donors (Lipinski definition) is 2. The first-order chi connectivity index (χ1) is 11.5. The molecule has 4 N–H and O–H groups in total. The van der Waals surface area contributed by atoms with Crippen molar-refractivity contribution in [2.75, 3.05) is 18.6 Å². The van der Waals surface area contributed by atoms with Gasteiger partial charge in [0.15, 0.2) is 11.5 Å². The number of ketones is 1. The van der Waals surface area contributed by atoms with Crippen LogP contribution in [0.15, 0.2) is 48.5 Å². The Kier molecular flexibility index (Phi) is 3.95. The van der Waals surface area contributed by atoms with E-state index in [0.29, 0.717) is 11.3 Å². The number of carbonyl (C=O) groups is 1. The molecule has 1 heterocycles. The molecule has 3 rings (SSSR count). The minimum atomic E-state index is -0.285. The third kappa shape index (κ3) is 2.69. The number of nitrogens with zero attached hydrogens (tertiary/aromatic N) is 2. The lowest BCUT2D eigenvalue weighted by Gasteiger charge is -2.04. The highest BCUT2D eigenvalue weighted by Crippen LogP contribution is 2.26. The summed E-state index contributed by atoms with van der Waals surface area (Å²) in [6.07, 6.45) is 0. The van der Waals surface area contributed by atoms with Crippen LogP contribution in [0.4, 0.5) is 11.5 Å². The maximum atomic E-state index is 12.7. The first kappa shape index (κ1) is 15.6. The maximum Gasteiger partial charge on any atom is 0.215 e. The Hall–Kier alpha value is -3.28.